The highest BCUT2D eigenvalue weighted by atomic mass is 32.2. The normalized spacial score (nSPS) is 23.0. The van der Waals surface area contributed by atoms with Crippen LogP contribution in [0.4, 0.5) is 4.79 Å². The maximum absolute atomic E-state index is 12.6. The third-order valence-corrected chi connectivity index (χ3v) is 7.65. The molecule has 0 bridgehead atoms. The van der Waals surface area contributed by atoms with Crippen LogP contribution in [-0.4, -0.2) is 70.5 Å². The standard InChI is InChI=1S/C18H23N3O5S2/c1-3-20(14-7-10-28(25,26)12-14)16(22)6-9-21-17(23)15(27-18(21)24)11-13-5-4-8-19(13)2/h4-5,8,11,14H,3,6-7,9-10,12H2,1-2H3. The lowest BCUT2D eigenvalue weighted by atomic mass is 10.2. The van der Waals surface area contributed by atoms with Crippen LogP contribution in [0.3, 0.4) is 0 Å². The van der Waals surface area contributed by atoms with Gasteiger partial charge >= 0.3 is 0 Å². The van der Waals surface area contributed by atoms with E-state index < -0.39 is 21.0 Å². The predicted molar refractivity (Wildman–Crippen MR) is 107 cm³/mol. The van der Waals surface area contributed by atoms with Crippen molar-refractivity contribution in [2.24, 2.45) is 7.05 Å². The highest BCUT2D eigenvalue weighted by Crippen LogP contribution is 2.32. The van der Waals surface area contributed by atoms with Gasteiger partial charge in [-0.15, -0.1) is 0 Å². The van der Waals surface area contributed by atoms with E-state index in [0.29, 0.717) is 17.9 Å². The Balaban J connectivity index is 1.63. The van der Waals surface area contributed by atoms with Gasteiger partial charge in [0.25, 0.3) is 11.1 Å². The monoisotopic (exact) mass is 425 g/mol. The third kappa shape index (κ3) is 4.33. The first-order chi connectivity index (χ1) is 13.2. The number of aryl methyl sites for hydroxylation is 1. The molecule has 8 nitrogen and oxygen atoms in total. The molecule has 3 heterocycles. The lowest BCUT2D eigenvalue weighted by Crippen LogP contribution is -2.42. The fraction of sp³-hybridized carbons (Fsp3) is 0.500. The molecule has 0 spiro atoms. The van der Waals surface area contributed by atoms with E-state index in [-0.39, 0.29) is 36.4 Å². The molecule has 2 aliphatic rings. The van der Waals surface area contributed by atoms with Crippen LogP contribution in [0.25, 0.3) is 6.08 Å². The Kier molecular flexibility index (Phi) is 5.99. The minimum atomic E-state index is -3.09. The molecule has 3 amide bonds. The molecule has 10 heteroatoms. The molecule has 0 aliphatic carbocycles. The number of sulfone groups is 1. The molecule has 28 heavy (non-hydrogen) atoms. The average molecular weight is 426 g/mol. The molecule has 1 unspecified atom stereocenters. The number of carbonyl (C=O) groups is 3. The highest BCUT2D eigenvalue weighted by Gasteiger charge is 2.37. The zero-order valence-corrected chi connectivity index (χ0v) is 17.5. The van der Waals surface area contributed by atoms with Crippen LogP contribution in [0, 0.1) is 0 Å². The second kappa shape index (κ2) is 8.12. The SMILES string of the molecule is CCN(C(=O)CCN1C(=O)SC(=Cc2cccn2C)C1=O)C1CCS(=O)(=O)C1. The summed E-state index contributed by atoms with van der Waals surface area (Å²) in [5.74, 6) is -0.576. The summed E-state index contributed by atoms with van der Waals surface area (Å²) in [6.45, 7) is 2.18. The molecule has 2 fully saturated rings. The van der Waals surface area contributed by atoms with Crippen molar-refractivity contribution in [2.45, 2.75) is 25.8 Å². The summed E-state index contributed by atoms with van der Waals surface area (Å²) < 4.78 is 25.2. The molecular weight excluding hydrogens is 402 g/mol. The van der Waals surface area contributed by atoms with Gasteiger partial charge in [-0.25, -0.2) is 8.42 Å². The van der Waals surface area contributed by atoms with Crippen LogP contribution in [0.2, 0.25) is 0 Å². The Morgan fingerprint density at radius 3 is 2.71 bits per heavy atom. The van der Waals surface area contributed by atoms with Gasteiger partial charge in [-0.3, -0.25) is 19.3 Å². The van der Waals surface area contributed by atoms with Crippen molar-refractivity contribution >= 4 is 44.7 Å². The fourth-order valence-corrected chi connectivity index (χ4v) is 6.04. The molecule has 152 valence electrons. The number of imide groups is 1. The van der Waals surface area contributed by atoms with Crippen molar-refractivity contribution in [3.63, 3.8) is 0 Å². The zero-order valence-electron chi connectivity index (χ0n) is 15.8. The Morgan fingerprint density at radius 2 is 2.14 bits per heavy atom. The number of amides is 3. The van der Waals surface area contributed by atoms with E-state index in [0.717, 1.165) is 22.4 Å². The second-order valence-electron chi connectivity index (χ2n) is 6.86. The summed E-state index contributed by atoms with van der Waals surface area (Å²) in [6.07, 6.45) is 3.93. The first-order valence-corrected chi connectivity index (χ1v) is 11.7. The van der Waals surface area contributed by atoms with E-state index in [2.05, 4.69) is 0 Å². The van der Waals surface area contributed by atoms with Gasteiger partial charge in [-0.05, 0) is 43.3 Å². The number of hydrogen-bond donors (Lipinski definition) is 0. The van der Waals surface area contributed by atoms with Crippen LogP contribution in [0.15, 0.2) is 23.2 Å². The van der Waals surface area contributed by atoms with E-state index in [1.807, 2.05) is 29.9 Å². The Labute approximate surface area is 168 Å². The van der Waals surface area contributed by atoms with Crippen LogP contribution in [0.5, 0.6) is 0 Å². The van der Waals surface area contributed by atoms with Gasteiger partial charge in [0.05, 0.1) is 16.4 Å². The summed E-state index contributed by atoms with van der Waals surface area (Å²) in [7, 11) is -1.25. The Bertz CT molecular complexity index is 935. The molecule has 0 saturated carbocycles. The largest absolute Gasteiger partial charge is 0.351 e. The molecular formula is C18H23N3O5S2. The molecule has 0 N–H and O–H groups in total. The van der Waals surface area contributed by atoms with E-state index in [4.69, 9.17) is 0 Å². The Morgan fingerprint density at radius 1 is 1.39 bits per heavy atom. The van der Waals surface area contributed by atoms with Gasteiger partial charge in [-0.1, -0.05) is 0 Å². The first kappa shape index (κ1) is 20.7. The molecule has 2 aliphatic heterocycles. The quantitative estimate of drug-likeness (QED) is 0.641. The third-order valence-electron chi connectivity index (χ3n) is 5.00. The number of rotatable bonds is 6. The van der Waals surface area contributed by atoms with Crippen molar-refractivity contribution in [1.82, 2.24) is 14.4 Å². The maximum Gasteiger partial charge on any atom is 0.293 e. The second-order valence-corrected chi connectivity index (χ2v) is 10.1. The molecule has 0 aromatic carbocycles. The lowest BCUT2D eigenvalue weighted by molar-refractivity contribution is -0.133. The van der Waals surface area contributed by atoms with Crippen molar-refractivity contribution in [3.8, 4) is 0 Å². The van der Waals surface area contributed by atoms with Gasteiger partial charge in [0.2, 0.25) is 5.91 Å². The van der Waals surface area contributed by atoms with Gasteiger partial charge < -0.3 is 9.47 Å². The molecule has 1 atom stereocenters. The van der Waals surface area contributed by atoms with Crippen molar-refractivity contribution in [1.29, 1.82) is 0 Å². The summed E-state index contributed by atoms with van der Waals surface area (Å²) >= 11 is 0.861. The Hall–Kier alpha value is -2.07. The number of hydrogen-bond acceptors (Lipinski definition) is 6. The van der Waals surface area contributed by atoms with Crippen LogP contribution >= 0.6 is 11.8 Å². The van der Waals surface area contributed by atoms with Gasteiger partial charge in [-0.2, -0.15) is 0 Å². The summed E-state index contributed by atoms with van der Waals surface area (Å²) in [6, 6.07) is 3.36. The lowest BCUT2D eigenvalue weighted by Gasteiger charge is -2.27. The van der Waals surface area contributed by atoms with Gasteiger partial charge in [0, 0.05) is 44.5 Å². The molecule has 1 aromatic rings. The van der Waals surface area contributed by atoms with Crippen molar-refractivity contribution < 1.29 is 22.8 Å². The molecule has 0 radical (unpaired) electrons. The first-order valence-electron chi connectivity index (χ1n) is 9.08. The fourth-order valence-electron chi connectivity index (χ4n) is 3.46. The van der Waals surface area contributed by atoms with E-state index in [1.165, 1.54) is 0 Å². The highest BCUT2D eigenvalue weighted by molar-refractivity contribution is 8.18. The maximum atomic E-state index is 12.6. The van der Waals surface area contributed by atoms with Crippen LogP contribution in [-0.2, 0) is 26.5 Å². The predicted octanol–water partition coefficient (Wildman–Crippen LogP) is 1.49. The van der Waals surface area contributed by atoms with Crippen molar-refractivity contribution in [2.75, 3.05) is 24.6 Å². The van der Waals surface area contributed by atoms with Crippen molar-refractivity contribution in [3.05, 3.63) is 28.9 Å². The number of carbonyl (C=O) groups excluding carboxylic acids is 3. The summed E-state index contributed by atoms with van der Waals surface area (Å²) in [4.78, 5) is 40.3. The van der Waals surface area contributed by atoms with Crippen LogP contribution < -0.4 is 0 Å². The zero-order chi connectivity index (χ0) is 20.5. The summed E-state index contributed by atoms with van der Waals surface area (Å²) in [5.41, 5.74) is 0.807. The van der Waals surface area contributed by atoms with Gasteiger partial charge in [0.15, 0.2) is 9.84 Å². The number of nitrogens with zero attached hydrogens (tertiary/aromatic N) is 3. The van der Waals surface area contributed by atoms with Gasteiger partial charge in [0.1, 0.15) is 0 Å². The molecule has 3 rings (SSSR count). The smallest absolute Gasteiger partial charge is 0.293 e. The minimum absolute atomic E-state index is 0.00997. The minimum Gasteiger partial charge on any atom is -0.351 e. The van der Waals surface area contributed by atoms with E-state index >= 15 is 0 Å². The van der Waals surface area contributed by atoms with Crippen LogP contribution in [0.1, 0.15) is 25.5 Å². The molecule has 2 saturated heterocycles. The van der Waals surface area contributed by atoms with E-state index in [9.17, 15) is 22.8 Å². The topological polar surface area (TPSA) is 96.8 Å². The summed E-state index contributed by atoms with van der Waals surface area (Å²) in [5, 5.41) is -0.398. The average Bonchev–Trinajstić information content (AvgIpc) is 3.27. The molecule has 1 aromatic heterocycles. The van der Waals surface area contributed by atoms with E-state index in [1.54, 1.807) is 17.9 Å². The number of thioether (sulfide) groups is 1. The number of aromatic nitrogens is 1.